The van der Waals surface area contributed by atoms with E-state index < -0.39 is 131 Å². The molecule has 0 aromatic carbocycles. The lowest BCUT2D eigenvalue weighted by Crippen LogP contribution is -2.66. The minimum absolute atomic E-state index is 0.170. The van der Waals surface area contributed by atoms with Gasteiger partial charge in [-0.1, -0.05) is 239 Å². The predicted molar refractivity (Wildman–Crippen MR) is 374 cm³/mol. The number of rotatable bonds is 55. The first-order valence-electron chi connectivity index (χ1n) is 36.6. The van der Waals surface area contributed by atoms with Crippen LogP contribution in [0.25, 0.3) is 0 Å². The monoisotopic (exact) mass is 1340 g/mol. The number of hydrogen-bond acceptors (Lipinski definition) is 18. The number of unbranched alkanes of at least 4 members (excludes halogenated alkanes) is 23. The molecule has 19 heteroatoms. The van der Waals surface area contributed by atoms with Gasteiger partial charge in [-0.05, 0) is 96.3 Å². The molecular weight excluding hydrogens is 1210 g/mol. The maximum Gasteiger partial charge on any atom is 0.220 e. The van der Waals surface area contributed by atoms with Gasteiger partial charge in [-0.2, -0.15) is 0 Å². The Morgan fingerprint density at radius 3 is 1.18 bits per heavy atom. The SMILES string of the molecule is CC/C=C\C/C=C\C/C=C\C/C=C\C/C=C\C/C=C\CCCCC(=O)NC(COC1OC(CO)C(OC2OC(CO)C(OC3OC(CO)C(O)C(O)C3O)C(O)C2O)C(O)C1O)C(O)/C=C/CC/C=C/CC/C=C/CCCCCCCCCCCCCCCCCCCCC. The van der Waals surface area contributed by atoms with E-state index in [4.69, 9.17) is 28.4 Å². The number of allylic oxidation sites excluding steroid dienone is 17. The van der Waals surface area contributed by atoms with E-state index in [9.17, 15) is 61.0 Å². The highest BCUT2D eigenvalue weighted by Gasteiger charge is 2.53. The highest BCUT2D eigenvalue weighted by atomic mass is 16.8. The van der Waals surface area contributed by atoms with Gasteiger partial charge >= 0.3 is 0 Å². The number of ether oxygens (including phenoxy) is 6. The fourth-order valence-electron chi connectivity index (χ4n) is 11.6. The lowest BCUT2D eigenvalue weighted by Gasteiger charge is -2.48. The molecule has 3 aliphatic heterocycles. The van der Waals surface area contributed by atoms with E-state index >= 15 is 0 Å². The third-order valence-corrected chi connectivity index (χ3v) is 17.5. The van der Waals surface area contributed by atoms with Crippen LogP contribution in [0.15, 0.2) is 109 Å². The number of carbonyl (C=O) groups excluding carboxylic acids is 1. The van der Waals surface area contributed by atoms with Crippen molar-refractivity contribution in [3.8, 4) is 0 Å². The predicted octanol–water partition coefficient (Wildman–Crippen LogP) is 10.6. The van der Waals surface area contributed by atoms with Crippen molar-refractivity contribution in [2.75, 3.05) is 26.4 Å². The summed E-state index contributed by atoms with van der Waals surface area (Å²) in [5.41, 5.74) is 0. The van der Waals surface area contributed by atoms with Crippen LogP contribution in [0.3, 0.4) is 0 Å². The van der Waals surface area contributed by atoms with Crippen molar-refractivity contribution in [3.05, 3.63) is 109 Å². The van der Waals surface area contributed by atoms with E-state index in [0.29, 0.717) is 12.8 Å². The first-order valence-corrected chi connectivity index (χ1v) is 36.6. The summed E-state index contributed by atoms with van der Waals surface area (Å²) in [6.07, 6.45) is 49.4. The second-order valence-electron chi connectivity index (χ2n) is 25.6. The number of hydrogen-bond donors (Lipinski definition) is 12. The van der Waals surface area contributed by atoms with Crippen LogP contribution < -0.4 is 5.32 Å². The first kappa shape index (κ1) is 85.7. The molecule has 0 radical (unpaired) electrons. The molecule has 3 fully saturated rings. The summed E-state index contributed by atoms with van der Waals surface area (Å²) in [5.74, 6) is -0.335. The Kier molecular flexibility index (Phi) is 50.7. The summed E-state index contributed by atoms with van der Waals surface area (Å²) in [6, 6.07) is -1.03. The maximum absolute atomic E-state index is 13.4. The Morgan fingerprint density at radius 1 is 0.389 bits per heavy atom. The van der Waals surface area contributed by atoms with E-state index in [1.807, 2.05) is 6.08 Å². The van der Waals surface area contributed by atoms with Gasteiger partial charge in [0.1, 0.15) is 73.2 Å². The number of carbonyl (C=O) groups is 1. The molecule has 3 heterocycles. The lowest BCUT2D eigenvalue weighted by molar-refractivity contribution is -0.379. The molecule has 0 spiro atoms. The van der Waals surface area contributed by atoms with Crippen LogP contribution in [0.2, 0.25) is 0 Å². The van der Waals surface area contributed by atoms with Crippen LogP contribution in [0.4, 0.5) is 0 Å². The van der Waals surface area contributed by atoms with Crippen LogP contribution in [-0.2, 0) is 33.2 Å². The molecule has 0 aromatic rings. The number of aliphatic hydroxyl groups excluding tert-OH is 11. The molecule has 0 aromatic heterocycles. The van der Waals surface area contributed by atoms with Crippen molar-refractivity contribution in [1.82, 2.24) is 5.32 Å². The van der Waals surface area contributed by atoms with Gasteiger partial charge < -0.3 is 89.9 Å². The molecule has 0 bridgehead atoms. The minimum atomic E-state index is -1.99. The number of nitrogens with one attached hydrogen (secondary N) is 1. The van der Waals surface area contributed by atoms with Crippen LogP contribution in [0, 0.1) is 0 Å². The molecule has 1 amide bonds. The summed E-state index contributed by atoms with van der Waals surface area (Å²) in [6.45, 7) is 1.56. The Labute approximate surface area is 570 Å². The normalized spacial score (nSPS) is 27.9. The zero-order valence-electron chi connectivity index (χ0n) is 57.9. The summed E-state index contributed by atoms with van der Waals surface area (Å²) < 4.78 is 34.3. The van der Waals surface area contributed by atoms with Crippen LogP contribution in [0.5, 0.6) is 0 Å². The van der Waals surface area contributed by atoms with Crippen LogP contribution >= 0.6 is 0 Å². The summed E-state index contributed by atoms with van der Waals surface area (Å²) in [4.78, 5) is 13.4. The van der Waals surface area contributed by atoms with Crippen molar-refractivity contribution in [2.24, 2.45) is 0 Å². The first-order chi connectivity index (χ1) is 46.3. The van der Waals surface area contributed by atoms with Crippen molar-refractivity contribution in [1.29, 1.82) is 0 Å². The third kappa shape index (κ3) is 37.5. The molecule has 0 saturated carbocycles. The van der Waals surface area contributed by atoms with E-state index in [0.717, 1.165) is 77.0 Å². The van der Waals surface area contributed by atoms with Gasteiger partial charge in [0.15, 0.2) is 18.9 Å². The second-order valence-corrected chi connectivity index (χ2v) is 25.6. The topological polar surface area (TPSA) is 307 Å². The number of amides is 1. The molecule has 3 aliphatic rings. The van der Waals surface area contributed by atoms with Gasteiger partial charge in [0, 0.05) is 6.42 Å². The third-order valence-electron chi connectivity index (χ3n) is 17.5. The Balaban J connectivity index is 1.45. The largest absolute Gasteiger partial charge is 0.394 e. The zero-order chi connectivity index (χ0) is 68.9. The Hall–Kier alpha value is -3.55. The molecule has 95 heavy (non-hydrogen) atoms. The molecule has 17 atom stereocenters. The molecular formula is C76H129NO18. The van der Waals surface area contributed by atoms with Gasteiger partial charge in [0.2, 0.25) is 5.91 Å². The van der Waals surface area contributed by atoms with Gasteiger partial charge in [-0.3, -0.25) is 4.79 Å². The van der Waals surface area contributed by atoms with Gasteiger partial charge in [-0.25, -0.2) is 0 Å². The fraction of sp³-hybridized carbons (Fsp3) is 0.750. The van der Waals surface area contributed by atoms with Gasteiger partial charge in [0.25, 0.3) is 0 Å². The summed E-state index contributed by atoms with van der Waals surface area (Å²) >= 11 is 0. The Morgan fingerprint density at radius 2 is 0.737 bits per heavy atom. The van der Waals surface area contributed by atoms with Crippen molar-refractivity contribution in [2.45, 2.75) is 336 Å². The average molecular weight is 1340 g/mol. The van der Waals surface area contributed by atoms with E-state index in [1.165, 1.54) is 122 Å². The average Bonchev–Trinajstić information content (AvgIpc) is 0.787. The molecule has 3 rings (SSSR count). The smallest absolute Gasteiger partial charge is 0.220 e. The van der Waals surface area contributed by atoms with Gasteiger partial charge in [0.05, 0.1) is 38.6 Å². The highest BCUT2D eigenvalue weighted by molar-refractivity contribution is 5.76. The molecule has 0 aliphatic carbocycles. The van der Waals surface area contributed by atoms with Crippen LogP contribution in [-0.4, -0.2) is 193 Å². The highest BCUT2D eigenvalue weighted by Crippen LogP contribution is 2.33. The summed E-state index contributed by atoms with van der Waals surface area (Å²) in [7, 11) is 0. The van der Waals surface area contributed by atoms with Crippen LogP contribution in [0.1, 0.15) is 232 Å². The van der Waals surface area contributed by atoms with Crippen molar-refractivity contribution >= 4 is 5.91 Å². The quantitative estimate of drug-likeness (QED) is 0.0199. The molecule has 17 unspecified atom stereocenters. The van der Waals surface area contributed by atoms with Crippen molar-refractivity contribution in [3.63, 3.8) is 0 Å². The minimum Gasteiger partial charge on any atom is -0.394 e. The second kappa shape index (κ2) is 56.2. The standard InChI is InChI=1S/C76H129NO18/c1-3-5-7-9-11-13-15-17-19-21-23-25-26-27-28-29-30-31-32-34-35-37-39-41-43-45-47-49-51-53-60(81)59(77-64(82)54-52-50-48-46-44-42-40-38-36-33-24-22-20-18-16-14-12-10-8-6-4-2)58-90-74-70(88)67(85)72(62(56-79)92-74)95-76-71(89)68(86)73(63(57-80)93-76)94-75-69(87)66(84)65(83)61(55-78)91-75/h6,8,12,14,18,20,24,33,35,37-38,40,43-46,51,53,59-63,65-76,78-81,83-89H,3-5,7,9-11,13,15-17,19,21-23,25-32,34,36,39,41-42,47-50,52,54-58H2,1-2H3,(H,77,82)/b8-6-,14-12-,20-18-,33-24-,37-35+,40-38-,45-43+,46-44-,53-51+. The van der Waals surface area contributed by atoms with Gasteiger partial charge in [-0.15, -0.1) is 0 Å². The Bertz CT molecular complexity index is 2140. The summed E-state index contributed by atoms with van der Waals surface area (Å²) in [5, 5.41) is 121. The molecule has 546 valence electrons. The maximum atomic E-state index is 13.4. The zero-order valence-corrected chi connectivity index (χ0v) is 57.9. The van der Waals surface area contributed by atoms with E-state index in [1.54, 1.807) is 6.08 Å². The van der Waals surface area contributed by atoms with E-state index in [-0.39, 0.29) is 12.3 Å². The van der Waals surface area contributed by atoms with E-state index in [2.05, 4.69) is 116 Å². The molecule has 3 saturated heterocycles. The van der Waals surface area contributed by atoms with Crippen molar-refractivity contribution < 1.29 is 89.4 Å². The fourth-order valence-corrected chi connectivity index (χ4v) is 11.6. The molecule has 19 nitrogen and oxygen atoms in total. The number of aliphatic hydroxyl groups is 11. The molecule has 12 N–H and O–H groups in total. The lowest BCUT2D eigenvalue weighted by atomic mass is 9.96.